The summed E-state index contributed by atoms with van der Waals surface area (Å²) in [5.74, 6) is 0.457. The van der Waals surface area contributed by atoms with Crippen molar-refractivity contribution in [1.29, 1.82) is 0 Å². The van der Waals surface area contributed by atoms with Crippen molar-refractivity contribution in [2.24, 2.45) is 10.8 Å². The first kappa shape index (κ1) is 16.7. The molecule has 0 saturated carbocycles. The van der Waals surface area contributed by atoms with Crippen LogP contribution in [0.1, 0.15) is 86.5 Å². The Morgan fingerprint density at radius 3 is 1.94 bits per heavy atom. The Bertz CT molecular complexity index is 220. The number of Topliss-reactive ketones (excluding diaryl/α,β-unsaturated/α-hetero) is 1. The lowest BCUT2D eigenvalue weighted by molar-refractivity contribution is -0.120. The van der Waals surface area contributed by atoms with Crippen molar-refractivity contribution in [2.75, 3.05) is 0 Å². The second-order valence-corrected chi connectivity index (χ2v) is 6.98. The lowest BCUT2D eigenvalue weighted by Gasteiger charge is -2.39. The Kier molecular flexibility index (Phi) is 7.04. The Morgan fingerprint density at radius 1 is 0.882 bits per heavy atom. The van der Waals surface area contributed by atoms with Crippen LogP contribution in [0.25, 0.3) is 0 Å². The van der Waals surface area contributed by atoms with Gasteiger partial charge in [0.1, 0.15) is 5.78 Å². The SMILES string of the molecule is CCCCCCC(=O)CCC(C)(C)C(C)(C)C. The molecule has 0 saturated heterocycles. The van der Waals surface area contributed by atoms with E-state index in [0.29, 0.717) is 5.78 Å². The van der Waals surface area contributed by atoms with Gasteiger partial charge >= 0.3 is 0 Å². The Hall–Kier alpha value is -0.330. The minimum atomic E-state index is 0.242. The molecule has 17 heavy (non-hydrogen) atoms. The Balaban J connectivity index is 3.84. The molecule has 0 aromatic heterocycles. The quantitative estimate of drug-likeness (QED) is 0.521. The monoisotopic (exact) mass is 240 g/mol. The molecule has 0 aliphatic carbocycles. The second-order valence-electron chi connectivity index (χ2n) is 6.98. The van der Waals surface area contributed by atoms with E-state index >= 15 is 0 Å². The third-order valence-electron chi connectivity index (χ3n) is 4.37. The summed E-state index contributed by atoms with van der Waals surface area (Å²) in [5.41, 5.74) is 0.515. The molecule has 0 radical (unpaired) electrons. The molecule has 0 aromatic rings. The molecule has 102 valence electrons. The van der Waals surface area contributed by atoms with Crippen molar-refractivity contribution in [3.63, 3.8) is 0 Å². The summed E-state index contributed by atoms with van der Waals surface area (Å²) >= 11 is 0. The van der Waals surface area contributed by atoms with E-state index < -0.39 is 0 Å². The van der Waals surface area contributed by atoms with Gasteiger partial charge in [0.15, 0.2) is 0 Å². The molecule has 0 amide bonds. The Morgan fingerprint density at radius 2 is 1.47 bits per heavy atom. The van der Waals surface area contributed by atoms with Crippen LogP contribution in [-0.4, -0.2) is 5.78 Å². The maximum absolute atomic E-state index is 11.8. The third kappa shape index (κ3) is 6.85. The van der Waals surface area contributed by atoms with E-state index in [-0.39, 0.29) is 10.8 Å². The fourth-order valence-corrected chi connectivity index (χ4v) is 1.70. The predicted octanol–water partition coefficient (Wildman–Crippen LogP) is 5.38. The highest BCUT2D eigenvalue weighted by molar-refractivity contribution is 5.78. The first-order chi connectivity index (χ1) is 7.70. The molecule has 0 unspecified atom stereocenters. The van der Waals surface area contributed by atoms with Gasteiger partial charge in [-0.1, -0.05) is 60.8 Å². The van der Waals surface area contributed by atoms with Crippen LogP contribution in [0.5, 0.6) is 0 Å². The first-order valence-electron chi connectivity index (χ1n) is 7.22. The van der Waals surface area contributed by atoms with Gasteiger partial charge in [0, 0.05) is 12.8 Å². The van der Waals surface area contributed by atoms with Crippen molar-refractivity contribution < 1.29 is 4.79 Å². The summed E-state index contributed by atoms with van der Waals surface area (Å²) in [6.07, 6.45) is 7.37. The van der Waals surface area contributed by atoms with Crippen molar-refractivity contribution in [3.8, 4) is 0 Å². The van der Waals surface area contributed by atoms with E-state index in [1.54, 1.807) is 0 Å². The highest BCUT2D eigenvalue weighted by Gasteiger charge is 2.32. The number of hydrogen-bond donors (Lipinski definition) is 0. The molecular formula is C16H32O. The van der Waals surface area contributed by atoms with E-state index in [2.05, 4.69) is 41.5 Å². The standard InChI is InChI=1S/C16H32O/c1-7-8-9-10-11-14(17)12-13-16(5,6)15(2,3)4/h7-13H2,1-6H3. The highest BCUT2D eigenvalue weighted by atomic mass is 16.1. The lowest BCUT2D eigenvalue weighted by Crippen LogP contribution is -2.30. The second kappa shape index (κ2) is 7.18. The number of carbonyl (C=O) groups excluding carboxylic acids is 1. The van der Waals surface area contributed by atoms with Crippen molar-refractivity contribution in [2.45, 2.75) is 86.5 Å². The van der Waals surface area contributed by atoms with Crippen LogP contribution in [-0.2, 0) is 4.79 Å². The van der Waals surface area contributed by atoms with Crippen LogP contribution < -0.4 is 0 Å². The maximum atomic E-state index is 11.8. The summed E-state index contributed by atoms with van der Waals surface area (Å²) in [5, 5.41) is 0. The van der Waals surface area contributed by atoms with E-state index in [9.17, 15) is 4.79 Å². The van der Waals surface area contributed by atoms with Crippen LogP contribution in [0.3, 0.4) is 0 Å². The molecule has 0 bridgehead atoms. The van der Waals surface area contributed by atoms with E-state index in [4.69, 9.17) is 0 Å². The molecule has 1 nitrogen and oxygen atoms in total. The number of unbranched alkanes of at least 4 members (excludes halogenated alkanes) is 3. The summed E-state index contributed by atoms with van der Waals surface area (Å²) in [6, 6.07) is 0. The van der Waals surface area contributed by atoms with Crippen LogP contribution in [0, 0.1) is 10.8 Å². The van der Waals surface area contributed by atoms with Gasteiger partial charge in [-0.05, 0) is 23.7 Å². The minimum Gasteiger partial charge on any atom is -0.300 e. The fourth-order valence-electron chi connectivity index (χ4n) is 1.70. The van der Waals surface area contributed by atoms with Gasteiger partial charge in [-0.25, -0.2) is 0 Å². The molecule has 1 heteroatoms. The largest absolute Gasteiger partial charge is 0.300 e. The molecule has 0 N–H and O–H groups in total. The zero-order valence-electron chi connectivity index (χ0n) is 12.9. The average Bonchev–Trinajstić information content (AvgIpc) is 2.20. The maximum Gasteiger partial charge on any atom is 0.132 e. The molecular weight excluding hydrogens is 208 g/mol. The van der Waals surface area contributed by atoms with Crippen LogP contribution in [0.2, 0.25) is 0 Å². The summed E-state index contributed by atoms with van der Waals surface area (Å²) in [7, 11) is 0. The number of rotatable bonds is 8. The van der Waals surface area contributed by atoms with Gasteiger partial charge in [0.2, 0.25) is 0 Å². The van der Waals surface area contributed by atoms with Gasteiger partial charge in [-0.3, -0.25) is 4.79 Å². The number of hydrogen-bond acceptors (Lipinski definition) is 1. The fraction of sp³-hybridized carbons (Fsp3) is 0.938. The normalized spacial score (nSPS) is 12.8. The zero-order valence-corrected chi connectivity index (χ0v) is 12.9. The van der Waals surface area contributed by atoms with E-state index in [0.717, 1.165) is 25.7 Å². The van der Waals surface area contributed by atoms with Crippen molar-refractivity contribution >= 4 is 5.78 Å². The topological polar surface area (TPSA) is 17.1 Å². The van der Waals surface area contributed by atoms with Gasteiger partial charge in [-0.2, -0.15) is 0 Å². The van der Waals surface area contributed by atoms with Crippen LogP contribution in [0.15, 0.2) is 0 Å². The minimum absolute atomic E-state index is 0.242. The summed E-state index contributed by atoms with van der Waals surface area (Å²) in [6.45, 7) is 13.5. The molecule has 0 fully saturated rings. The van der Waals surface area contributed by atoms with Gasteiger partial charge in [0.25, 0.3) is 0 Å². The van der Waals surface area contributed by atoms with Gasteiger partial charge < -0.3 is 0 Å². The molecule has 0 aliphatic rings. The van der Waals surface area contributed by atoms with Crippen LogP contribution in [0.4, 0.5) is 0 Å². The lowest BCUT2D eigenvalue weighted by atomic mass is 9.66. The van der Waals surface area contributed by atoms with Crippen molar-refractivity contribution in [1.82, 2.24) is 0 Å². The van der Waals surface area contributed by atoms with E-state index in [1.165, 1.54) is 19.3 Å². The van der Waals surface area contributed by atoms with Crippen molar-refractivity contribution in [3.05, 3.63) is 0 Å². The molecule has 0 atom stereocenters. The first-order valence-corrected chi connectivity index (χ1v) is 7.22. The van der Waals surface area contributed by atoms with E-state index in [1.807, 2.05) is 0 Å². The van der Waals surface area contributed by atoms with Gasteiger partial charge in [-0.15, -0.1) is 0 Å². The molecule has 0 rings (SSSR count). The summed E-state index contributed by atoms with van der Waals surface area (Å²) < 4.78 is 0. The summed E-state index contributed by atoms with van der Waals surface area (Å²) in [4.78, 5) is 11.8. The average molecular weight is 240 g/mol. The molecule has 0 aromatic carbocycles. The molecule has 0 spiro atoms. The number of ketones is 1. The Labute approximate surface area is 108 Å². The third-order valence-corrected chi connectivity index (χ3v) is 4.37. The van der Waals surface area contributed by atoms with Gasteiger partial charge in [0.05, 0.1) is 0 Å². The molecule has 0 aliphatic heterocycles. The number of carbonyl (C=O) groups is 1. The zero-order chi connectivity index (χ0) is 13.5. The predicted molar refractivity (Wildman–Crippen MR) is 76.2 cm³/mol. The van der Waals surface area contributed by atoms with Crippen LogP contribution >= 0.6 is 0 Å². The highest BCUT2D eigenvalue weighted by Crippen LogP contribution is 2.41. The smallest absolute Gasteiger partial charge is 0.132 e. The molecule has 0 heterocycles.